The number of nitrogens with zero attached hydrogens (tertiary/aromatic N) is 2. The second-order valence-corrected chi connectivity index (χ2v) is 6.52. The number of hydrogen-bond donors (Lipinski definition) is 1. The fraction of sp³-hybridized carbons (Fsp3) is 0.263. The molecule has 0 aliphatic carbocycles. The summed E-state index contributed by atoms with van der Waals surface area (Å²) in [7, 11) is 3.09. The van der Waals surface area contributed by atoms with Gasteiger partial charge in [-0.05, 0) is 46.6 Å². The zero-order chi connectivity index (χ0) is 18.7. The Labute approximate surface area is 160 Å². The number of anilines is 1. The van der Waals surface area contributed by atoms with Crippen molar-refractivity contribution in [2.45, 2.75) is 19.9 Å². The van der Waals surface area contributed by atoms with Crippen LogP contribution in [0.3, 0.4) is 0 Å². The Hall–Kier alpha value is -2.54. The van der Waals surface area contributed by atoms with Crippen molar-refractivity contribution >= 4 is 38.8 Å². The lowest BCUT2D eigenvalue weighted by atomic mass is 10.2. The van der Waals surface area contributed by atoms with Gasteiger partial charge in [-0.3, -0.25) is 10.1 Å². The monoisotopic (exact) mass is 417 g/mol. The molecule has 1 heterocycles. The van der Waals surface area contributed by atoms with E-state index in [9.17, 15) is 4.79 Å². The SMILES string of the molecule is CCCn1c(NC(=O)c2cc(OC)c(Br)c(OC)c2)nc2ccccc21. The summed E-state index contributed by atoms with van der Waals surface area (Å²) in [5.74, 6) is 1.30. The molecule has 3 aromatic rings. The van der Waals surface area contributed by atoms with Crippen LogP contribution in [0.25, 0.3) is 11.0 Å². The summed E-state index contributed by atoms with van der Waals surface area (Å²) in [6, 6.07) is 11.2. The van der Waals surface area contributed by atoms with E-state index < -0.39 is 0 Å². The number of imidazole rings is 1. The average molecular weight is 418 g/mol. The highest BCUT2D eigenvalue weighted by atomic mass is 79.9. The number of halogens is 1. The number of nitrogens with one attached hydrogen (secondary N) is 1. The number of aromatic nitrogens is 2. The maximum atomic E-state index is 12.8. The number of aryl methyl sites for hydroxylation is 1. The molecule has 0 aliphatic heterocycles. The van der Waals surface area contributed by atoms with Gasteiger partial charge in [0.25, 0.3) is 5.91 Å². The standard InChI is InChI=1S/C19H20BrN3O3/c1-4-9-23-14-8-6-5-7-13(14)21-19(23)22-18(24)12-10-15(25-2)17(20)16(11-12)26-3/h5-8,10-11H,4,9H2,1-3H3,(H,21,22,24). The van der Waals surface area contributed by atoms with Gasteiger partial charge in [0, 0.05) is 12.1 Å². The van der Waals surface area contributed by atoms with Crippen LogP contribution in [-0.4, -0.2) is 29.7 Å². The van der Waals surface area contributed by atoms with E-state index in [4.69, 9.17) is 9.47 Å². The highest BCUT2D eigenvalue weighted by Gasteiger charge is 2.17. The molecule has 0 saturated carbocycles. The fourth-order valence-electron chi connectivity index (χ4n) is 2.80. The zero-order valence-corrected chi connectivity index (χ0v) is 16.5. The molecule has 0 aliphatic rings. The Morgan fingerprint density at radius 1 is 1.19 bits per heavy atom. The van der Waals surface area contributed by atoms with Crippen LogP contribution in [-0.2, 0) is 6.54 Å². The van der Waals surface area contributed by atoms with Crippen molar-refractivity contribution in [3.8, 4) is 11.5 Å². The largest absolute Gasteiger partial charge is 0.495 e. The van der Waals surface area contributed by atoms with Gasteiger partial charge in [-0.1, -0.05) is 19.1 Å². The van der Waals surface area contributed by atoms with Crippen LogP contribution in [0.4, 0.5) is 5.95 Å². The maximum Gasteiger partial charge on any atom is 0.258 e. The van der Waals surface area contributed by atoms with Crippen LogP contribution in [0.2, 0.25) is 0 Å². The smallest absolute Gasteiger partial charge is 0.258 e. The average Bonchev–Trinajstić information content (AvgIpc) is 2.99. The molecule has 1 N–H and O–H groups in total. The predicted octanol–water partition coefficient (Wildman–Crippen LogP) is 4.48. The third-order valence-corrected chi connectivity index (χ3v) is 4.82. The Balaban J connectivity index is 1.98. The second-order valence-electron chi connectivity index (χ2n) is 5.72. The first-order valence-electron chi connectivity index (χ1n) is 8.27. The molecule has 0 unspecified atom stereocenters. The van der Waals surface area contributed by atoms with E-state index in [-0.39, 0.29) is 5.91 Å². The van der Waals surface area contributed by atoms with Crippen LogP contribution in [0.1, 0.15) is 23.7 Å². The Morgan fingerprint density at radius 2 is 1.85 bits per heavy atom. The van der Waals surface area contributed by atoms with Crippen molar-refractivity contribution in [3.63, 3.8) is 0 Å². The molecule has 3 rings (SSSR count). The molecule has 0 bridgehead atoms. The lowest BCUT2D eigenvalue weighted by Crippen LogP contribution is -2.16. The number of para-hydroxylation sites is 2. The summed E-state index contributed by atoms with van der Waals surface area (Å²) in [5, 5.41) is 2.91. The van der Waals surface area contributed by atoms with Crippen LogP contribution in [0, 0.1) is 0 Å². The first-order chi connectivity index (χ1) is 12.6. The highest BCUT2D eigenvalue weighted by Crippen LogP contribution is 2.35. The predicted molar refractivity (Wildman–Crippen MR) is 105 cm³/mol. The van der Waals surface area contributed by atoms with E-state index in [0.717, 1.165) is 24.0 Å². The normalized spacial score (nSPS) is 10.8. The summed E-state index contributed by atoms with van der Waals surface area (Å²) in [5.41, 5.74) is 2.27. The molecule has 1 amide bonds. The minimum atomic E-state index is -0.276. The summed E-state index contributed by atoms with van der Waals surface area (Å²) >= 11 is 3.41. The van der Waals surface area contributed by atoms with Gasteiger partial charge >= 0.3 is 0 Å². The topological polar surface area (TPSA) is 65.4 Å². The third-order valence-electron chi connectivity index (χ3n) is 4.03. The molecule has 0 radical (unpaired) electrons. The zero-order valence-electron chi connectivity index (χ0n) is 14.9. The molecule has 1 aromatic heterocycles. The summed E-state index contributed by atoms with van der Waals surface area (Å²) in [4.78, 5) is 17.4. The maximum absolute atomic E-state index is 12.8. The number of carbonyl (C=O) groups is 1. The Bertz CT molecular complexity index is 927. The highest BCUT2D eigenvalue weighted by molar-refractivity contribution is 9.10. The molecular formula is C19H20BrN3O3. The van der Waals surface area contributed by atoms with Crippen molar-refractivity contribution in [1.82, 2.24) is 9.55 Å². The number of amides is 1. The Morgan fingerprint density at radius 3 is 2.46 bits per heavy atom. The summed E-state index contributed by atoms with van der Waals surface area (Å²) < 4.78 is 13.3. The molecule has 136 valence electrons. The van der Waals surface area contributed by atoms with Crippen LogP contribution < -0.4 is 14.8 Å². The summed E-state index contributed by atoms with van der Waals surface area (Å²) in [6.45, 7) is 2.86. The van der Waals surface area contributed by atoms with Crippen molar-refractivity contribution in [2.24, 2.45) is 0 Å². The molecule has 0 atom stereocenters. The minimum absolute atomic E-state index is 0.276. The molecule has 7 heteroatoms. The van der Waals surface area contributed by atoms with Gasteiger partial charge in [0.15, 0.2) is 0 Å². The summed E-state index contributed by atoms with van der Waals surface area (Å²) in [6.07, 6.45) is 0.934. The van der Waals surface area contributed by atoms with E-state index >= 15 is 0 Å². The molecular weight excluding hydrogens is 398 g/mol. The van der Waals surface area contributed by atoms with Crippen LogP contribution in [0.15, 0.2) is 40.9 Å². The van der Waals surface area contributed by atoms with Crippen molar-refractivity contribution < 1.29 is 14.3 Å². The quantitative estimate of drug-likeness (QED) is 0.641. The van der Waals surface area contributed by atoms with E-state index in [1.54, 1.807) is 26.4 Å². The molecule has 0 fully saturated rings. The van der Waals surface area contributed by atoms with E-state index in [0.29, 0.717) is 27.5 Å². The number of rotatable bonds is 6. The van der Waals surface area contributed by atoms with Crippen molar-refractivity contribution in [2.75, 3.05) is 19.5 Å². The fourth-order valence-corrected chi connectivity index (χ4v) is 3.35. The van der Waals surface area contributed by atoms with Gasteiger partial charge in [-0.25, -0.2) is 4.98 Å². The first kappa shape index (κ1) is 18.3. The van der Waals surface area contributed by atoms with Crippen molar-refractivity contribution in [1.29, 1.82) is 0 Å². The van der Waals surface area contributed by atoms with Gasteiger partial charge in [0.05, 0.1) is 25.3 Å². The number of benzene rings is 2. The van der Waals surface area contributed by atoms with Gasteiger partial charge in [-0.2, -0.15) is 0 Å². The lowest BCUT2D eigenvalue weighted by molar-refractivity contribution is 0.102. The van der Waals surface area contributed by atoms with Gasteiger partial charge in [0.1, 0.15) is 16.0 Å². The first-order valence-corrected chi connectivity index (χ1v) is 9.06. The van der Waals surface area contributed by atoms with E-state index in [1.807, 2.05) is 28.8 Å². The van der Waals surface area contributed by atoms with Gasteiger partial charge < -0.3 is 14.0 Å². The van der Waals surface area contributed by atoms with Gasteiger partial charge in [0.2, 0.25) is 5.95 Å². The van der Waals surface area contributed by atoms with E-state index in [2.05, 4.69) is 33.2 Å². The molecule has 2 aromatic carbocycles. The van der Waals surface area contributed by atoms with E-state index in [1.165, 1.54) is 0 Å². The Kier molecular flexibility index (Phi) is 5.46. The third kappa shape index (κ3) is 3.39. The molecule has 0 saturated heterocycles. The number of ether oxygens (including phenoxy) is 2. The molecule has 6 nitrogen and oxygen atoms in total. The van der Waals surface area contributed by atoms with Crippen molar-refractivity contribution in [3.05, 3.63) is 46.4 Å². The minimum Gasteiger partial charge on any atom is -0.495 e. The second kappa shape index (κ2) is 7.78. The van der Waals surface area contributed by atoms with Crippen LogP contribution >= 0.6 is 15.9 Å². The number of methoxy groups -OCH3 is 2. The lowest BCUT2D eigenvalue weighted by Gasteiger charge is -2.12. The molecule has 26 heavy (non-hydrogen) atoms. The van der Waals surface area contributed by atoms with Crippen LogP contribution in [0.5, 0.6) is 11.5 Å². The number of hydrogen-bond acceptors (Lipinski definition) is 4. The number of fused-ring (bicyclic) bond motifs is 1. The number of carbonyl (C=O) groups excluding carboxylic acids is 1. The molecule has 0 spiro atoms. The van der Waals surface area contributed by atoms with Gasteiger partial charge in [-0.15, -0.1) is 0 Å².